The molecular weight excluding hydrogens is 370 g/mol. The monoisotopic (exact) mass is 391 g/mol. The maximum atomic E-state index is 13.2. The number of aryl methyl sites for hydroxylation is 2. The first kappa shape index (κ1) is 18.8. The Morgan fingerprint density at radius 3 is 2.73 bits per heavy atom. The van der Waals surface area contributed by atoms with Gasteiger partial charge >= 0.3 is 0 Å². The molecule has 8 heteroatoms. The van der Waals surface area contributed by atoms with E-state index in [1.807, 2.05) is 52.5 Å². The molecule has 0 saturated carbocycles. The number of halogens is 1. The topological polar surface area (TPSA) is 54.3 Å². The Hall–Kier alpha value is -1.96. The van der Waals surface area contributed by atoms with Crippen molar-refractivity contribution in [2.45, 2.75) is 13.3 Å². The fourth-order valence-corrected chi connectivity index (χ4v) is 4.04. The van der Waals surface area contributed by atoms with Crippen LogP contribution in [-0.4, -0.2) is 52.8 Å². The molecule has 2 heterocycles. The van der Waals surface area contributed by atoms with Crippen molar-refractivity contribution in [3.05, 3.63) is 40.7 Å². The molecule has 0 fully saturated rings. The number of anilines is 1. The number of aromatic nitrogens is 3. The third-order valence-electron chi connectivity index (χ3n) is 4.02. The van der Waals surface area contributed by atoms with E-state index in [1.54, 1.807) is 9.58 Å². The third kappa shape index (κ3) is 4.06. The summed E-state index contributed by atoms with van der Waals surface area (Å²) in [5.74, 6) is -0.119. The molecule has 0 spiro atoms. The Morgan fingerprint density at radius 2 is 2.08 bits per heavy atom. The number of rotatable bonds is 6. The minimum Gasteiger partial charge on any atom is -0.309 e. The molecule has 138 valence electrons. The zero-order valence-electron chi connectivity index (χ0n) is 15.4. The number of carbonyl (C=O) groups is 1. The van der Waals surface area contributed by atoms with Crippen LogP contribution in [0.3, 0.4) is 0 Å². The van der Waals surface area contributed by atoms with Gasteiger partial charge in [-0.15, -0.1) is 0 Å². The second-order valence-corrected chi connectivity index (χ2v) is 8.00. The lowest BCUT2D eigenvalue weighted by Gasteiger charge is -2.20. The maximum absolute atomic E-state index is 13.2. The fourth-order valence-electron chi connectivity index (χ4n) is 2.78. The van der Waals surface area contributed by atoms with Crippen molar-refractivity contribution in [3.8, 4) is 0 Å². The zero-order valence-corrected chi connectivity index (χ0v) is 16.9. The lowest BCUT2D eigenvalue weighted by atomic mass is 10.2. The van der Waals surface area contributed by atoms with E-state index < -0.39 is 0 Å². The van der Waals surface area contributed by atoms with Gasteiger partial charge in [-0.1, -0.05) is 22.9 Å². The van der Waals surface area contributed by atoms with Crippen LogP contribution in [0.5, 0.6) is 0 Å². The maximum Gasteiger partial charge on any atom is 0.280 e. The summed E-state index contributed by atoms with van der Waals surface area (Å²) in [7, 11) is 5.86. The van der Waals surface area contributed by atoms with Crippen LogP contribution in [0.2, 0.25) is 5.02 Å². The summed E-state index contributed by atoms with van der Waals surface area (Å²) in [5, 5.41) is 5.68. The first-order valence-electron chi connectivity index (χ1n) is 8.38. The highest BCUT2D eigenvalue weighted by Gasteiger charge is 2.24. The molecule has 26 heavy (non-hydrogen) atoms. The molecular formula is C18H22ClN5OS. The van der Waals surface area contributed by atoms with Crippen molar-refractivity contribution in [3.63, 3.8) is 0 Å². The summed E-state index contributed by atoms with van der Waals surface area (Å²) in [5.41, 5.74) is 2.17. The lowest BCUT2D eigenvalue weighted by Crippen LogP contribution is -2.34. The molecule has 0 N–H and O–H groups in total. The molecule has 1 amide bonds. The number of hydrogen-bond donors (Lipinski definition) is 0. The average Bonchev–Trinajstić information content (AvgIpc) is 3.12. The van der Waals surface area contributed by atoms with Crippen molar-refractivity contribution in [1.29, 1.82) is 0 Å². The highest BCUT2D eigenvalue weighted by molar-refractivity contribution is 7.22. The Morgan fingerprint density at radius 1 is 1.31 bits per heavy atom. The molecule has 0 atom stereocenters. The first-order valence-corrected chi connectivity index (χ1v) is 9.57. The minimum atomic E-state index is -0.119. The highest BCUT2D eigenvalue weighted by Crippen LogP contribution is 2.31. The van der Waals surface area contributed by atoms with E-state index in [0.29, 0.717) is 22.4 Å². The number of hydrogen-bond acceptors (Lipinski definition) is 5. The van der Waals surface area contributed by atoms with Gasteiger partial charge in [0.25, 0.3) is 5.91 Å². The second kappa shape index (κ2) is 7.73. The fraction of sp³-hybridized carbons (Fsp3) is 0.389. The van der Waals surface area contributed by atoms with Gasteiger partial charge in [-0.25, -0.2) is 4.98 Å². The van der Waals surface area contributed by atoms with Gasteiger partial charge in [0.2, 0.25) is 0 Å². The van der Waals surface area contributed by atoms with Crippen molar-refractivity contribution in [2.75, 3.05) is 32.1 Å². The van der Waals surface area contributed by atoms with Crippen molar-refractivity contribution < 1.29 is 4.79 Å². The van der Waals surface area contributed by atoms with Crippen molar-refractivity contribution in [1.82, 2.24) is 19.7 Å². The molecule has 1 aromatic carbocycles. The SMILES string of the molecule is Cc1cn(C)nc1C(=O)N(CCCN(C)C)c1nc2ccc(Cl)cc2s1. The van der Waals surface area contributed by atoms with E-state index in [2.05, 4.69) is 15.0 Å². The summed E-state index contributed by atoms with van der Waals surface area (Å²) in [6.07, 6.45) is 2.70. The van der Waals surface area contributed by atoms with Gasteiger partial charge in [0, 0.05) is 30.4 Å². The molecule has 0 saturated heterocycles. The van der Waals surface area contributed by atoms with E-state index in [9.17, 15) is 4.79 Å². The van der Waals surface area contributed by atoms with Crippen LogP contribution < -0.4 is 4.90 Å². The van der Waals surface area contributed by atoms with Crippen molar-refractivity contribution in [2.24, 2.45) is 7.05 Å². The van der Waals surface area contributed by atoms with Gasteiger partial charge in [0.15, 0.2) is 10.8 Å². The molecule has 0 aliphatic heterocycles. The second-order valence-electron chi connectivity index (χ2n) is 6.56. The summed E-state index contributed by atoms with van der Waals surface area (Å²) in [6.45, 7) is 3.37. The first-order chi connectivity index (χ1) is 12.3. The summed E-state index contributed by atoms with van der Waals surface area (Å²) in [6, 6.07) is 5.58. The van der Waals surface area contributed by atoms with E-state index >= 15 is 0 Å². The van der Waals surface area contributed by atoms with Gasteiger partial charge in [0.1, 0.15) is 0 Å². The smallest absolute Gasteiger partial charge is 0.280 e. The van der Waals surface area contributed by atoms with E-state index in [1.165, 1.54) is 11.3 Å². The summed E-state index contributed by atoms with van der Waals surface area (Å²) < 4.78 is 2.63. The van der Waals surface area contributed by atoms with Gasteiger partial charge < -0.3 is 4.90 Å². The quantitative estimate of drug-likeness (QED) is 0.644. The predicted molar refractivity (Wildman–Crippen MR) is 107 cm³/mol. The molecule has 0 aliphatic carbocycles. The molecule has 0 bridgehead atoms. The normalized spacial score (nSPS) is 11.5. The van der Waals surface area contributed by atoms with Crippen LogP contribution in [0.25, 0.3) is 10.2 Å². The number of nitrogens with zero attached hydrogens (tertiary/aromatic N) is 5. The van der Waals surface area contributed by atoms with E-state index in [0.717, 1.165) is 28.7 Å². The molecule has 0 unspecified atom stereocenters. The van der Waals surface area contributed by atoms with Crippen molar-refractivity contribution >= 4 is 44.2 Å². The Kier molecular flexibility index (Phi) is 5.60. The molecule has 0 radical (unpaired) electrons. The van der Waals surface area contributed by atoms with Crippen LogP contribution in [0.1, 0.15) is 22.5 Å². The Balaban J connectivity index is 1.95. The Bertz CT molecular complexity index is 933. The third-order valence-corrected chi connectivity index (χ3v) is 5.29. The van der Waals surface area contributed by atoms with Gasteiger partial charge in [-0.3, -0.25) is 14.4 Å². The number of benzene rings is 1. The van der Waals surface area contributed by atoms with E-state index in [4.69, 9.17) is 11.6 Å². The summed E-state index contributed by atoms with van der Waals surface area (Å²) >= 11 is 7.56. The van der Waals surface area contributed by atoms with Crippen LogP contribution in [0.15, 0.2) is 24.4 Å². The largest absolute Gasteiger partial charge is 0.309 e. The Labute approximate surface area is 162 Å². The number of thiazole rings is 1. The number of fused-ring (bicyclic) bond motifs is 1. The van der Waals surface area contributed by atoms with Crippen LogP contribution in [0.4, 0.5) is 5.13 Å². The molecule has 6 nitrogen and oxygen atoms in total. The van der Waals surface area contributed by atoms with Gasteiger partial charge in [-0.05, 0) is 52.2 Å². The molecule has 0 aliphatic rings. The van der Waals surface area contributed by atoms with Crippen LogP contribution in [-0.2, 0) is 7.05 Å². The average molecular weight is 392 g/mol. The van der Waals surface area contributed by atoms with Crippen LogP contribution >= 0.6 is 22.9 Å². The van der Waals surface area contributed by atoms with Gasteiger partial charge in [0.05, 0.1) is 10.2 Å². The van der Waals surface area contributed by atoms with Gasteiger partial charge in [-0.2, -0.15) is 5.10 Å². The molecule has 2 aromatic heterocycles. The highest BCUT2D eigenvalue weighted by atomic mass is 35.5. The van der Waals surface area contributed by atoms with E-state index in [-0.39, 0.29) is 5.91 Å². The van der Waals surface area contributed by atoms with Crippen LogP contribution in [0, 0.1) is 6.92 Å². The lowest BCUT2D eigenvalue weighted by molar-refractivity contribution is 0.0980. The predicted octanol–water partition coefficient (Wildman–Crippen LogP) is 3.59. The molecule has 3 rings (SSSR count). The number of amides is 1. The standard InChI is InChI=1S/C18H22ClN5OS/c1-12-11-23(4)21-16(12)17(25)24(9-5-8-22(2)3)18-20-14-7-6-13(19)10-15(14)26-18/h6-7,10-11H,5,8-9H2,1-4H3. The summed E-state index contributed by atoms with van der Waals surface area (Å²) in [4.78, 5) is 21.7. The zero-order chi connectivity index (χ0) is 18.8. The number of carbonyl (C=O) groups excluding carboxylic acids is 1. The minimum absolute atomic E-state index is 0.119. The molecule has 3 aromatic rings.